The Balaban J connectivity index is 2.43. The van der Waals surface area contributed by atoms with E-state index >= 15 is 0 Å². The van der Waals surface area contributed by atoms with Gasteiger partial charge in [-0.05, 0) is 18.1 Å². The van der Waals surface area contributed by atoms with Gasteiger partial charge in [-0.2, -0.15) is 0 Å². The number of alkyl halides is 1. The summed E-state index contributed by atoms with van der Waals surface area (Å²) in [7, 11) is -3.25. The van der Waals surface area contributed by atoms with Crippen molar-refractivity contribution in [3.8, 4) is 0 Å². The molecule has 18 heavy (non-hydrogen) atoms. The van der Waals surface area contributed by atoms with Crippen molar-refractivity contribution in [1.82, 2.24) is 4.72 Å². The van der Waals surface area contributed by atoms with Crippen molar-refractivity contribution in [3.05, 3.63) is 35.4 Å². The molecule has 6 heteroatoms. The Morgan fingerprint density at radius 2 is 1.83 bits per heavy atom. The Bertz CT molecular complexity index is 445. The predicted molar refractivity (Wildman–Crippen MR) is 76.2 cm³/mol. The molecule has 0 bridgehead atoms. The summed E-state index contributed by atoms with van der Waals surface area (Å²) in [6.07, 6.45) is 0. The highest BCUT2D eigenvalue weighted by molar-refractivity contribution is 9.08. The fourth-order valence-corrected chi connectivity index (χ4v) is 2.57. The Morgan fingerprint density at radius 3 is 2.39 bits per heavy atom. The van der Waals surface area contributed by atoms with Crippen LogP contribution in [0.25, 0.3) is 0 Å². The highest BCUT2D eigenvalue weighted by atomic mass is 79.9. The van der Waals surface area contributed by atoms with Gasteiger partial charge in [0.1, 0.15) is 0 Å². The molecule has 0 amide bonds. The fourth-order valence-electron chi connectivity index (χ4n) is 1.32. The quantitative estimate of drug-likeness (QED) is 0.584. The van der Waals surface area contributed by atoms with E-state index in [4.69, 9.17) is 4.74 Å². The summed E-state index contributed by atoms with van der Waals surface area (Å²) < 4.78 is 30.8. The van der Waals surface area contributed by atoms with Crippen molar-refractivity contribution >= 4 is 26.0 Å². The molecule has 0 unspecified atom stereocenters. The molecule has 0 saturated carbocycles. The number of sulfonamides is 1. The van der Waals surface area contributed by atoms with Crippen molar-refractivity contribution in [1.29, 1.82) is 0 Å². The number of hydrogen-bond donors (Lipinski definition) is 1. The van der Waals surface area contributed by atoms with E-state index in [9.17, 15) is 8.42 Å². The molecular formula is C12H18BrNO3S. The molecule has 0 aliphatic heterocycles. The van der Waals surface area contributed by atoms with E-state index in [1.54, 1.807) is 0 Å². The maximum Gasteiger partial charge on any atom is 0.214 e. The first-order chi connectivity index (χ1) is 8.57. The fraction of sp³-hybridized carbons (Fsp3) is 0.500. The second-order valence-electron chi connectivity index (χ2n) is 3.79. The monoisotopic (exact) mass is 335 g/mol. The number of rotatable bonds is 8. The average molecular weight is 336 g/mol. The number of nitrogens with one attached hydrogen (secondary N) is 1. The second-order valence-corrected chi connectivity index (χ2v) is 6.27. The van der Waals surface area contributed by atoms with E-state index in [0.29, 0.717) is 13.2 Å². The van der Waals surface area contributed by atoms with E-state index in [2.05, 4.69) is 20.7 Å². The maximum atomic E-state index is 11.6. The zero-order valence-corrected chi connectivity index (χ0v) is 12.8. The van der Waals surface area contributed by atoms with E-state index in [1.807, 2.05) is 31.2 Å². The van der Waals surface area contributed by atoms with Crippen LogP contribution in [0.1, 0.15) is 18.1 Å². The summed E-state index contributed by atoms with van der Waals surface area (Å²) in [6, 6.07) is 7.78. The number of benzene rings is 1. The van der Waals surface area contributed by atoms with Crippen LogP contribution in [0.15, 0.2) is 24.3 Å². The number of hydrogen-bond acceptors (Lipinski definition) is 3. The minimum absolute atomic E-state index is 0.000321. The topological polar surface area (TPSA) is 55.4 Å². The van der Waals surface area contributed by atoms with Gasteiger partial charge in [0.25, 0.3) is 0 Å². The summed E-state index contributed by atoms with van der Waals surface area (Å²) >= 11 is 3.36. The van der Waals surface area contributed by atoms with E-state index in [-0.39, 0.29) is 12.4 Å². The Kier molecular flexibility index (Phi) is 6.85. The van der Waals surface area contributed by atoms with E-state index in [0.717, 1.165) is 16.5 Å². The van der Waals surface area contributed by atoms with Gasteiger partial charge >= 0.3 is 0 Å². The lowest BCUT2D eigenvalue weighted by atomic mass is 10.2. The second kappa shape index (κ2) is 7.89. The highest BCUT2D eigenvalue weighted by Crippen LogP contribution is 2.08. The van der Waals surface area contributed by atoms with Gasteiger partial charge in [-0.25, -0.2) is 13.1 Å². The first kappa shape index (κ1) is 15.6. The lowest BCUT2D eigenvalue weighted by molar-refractivity contribution is 0.163. The molecule has 0 heterocycles. The zero-order valence-electron chi connectivity index (χ0n) is 10.4. The molecule has 102 valence electrons. The normalized spacial score (nSPS) is 11.7. The van der Waals surface area contributed by atoms with Crippen molar-refractivity contribution in [2.45, 2.75) is 18.8 Å². The molecule has 1 aromatic carbocycles. The number of ether oxygens (including phenoxy) is 1. The molecule has 1 rings (SSSR count). The maximum absolute atomic E-state index is 11.6. The van der Waals surface area contributed by atoms with Crippen LogP contribution < -0.4 is 4.72 Å². The van der Waals surface area contributed by atoms with Gasteiger partial charge in [0.15, 0.2) is 0 Å². The van der Waals surface area contributed by atoms with Crippen LogP contribution in [0.2, 0.25) is 0 Å². The molecule has 0 aromatic heterocycles. The third-order valence-corrected chi connectivity index (χ3v) is 4.31. The van der Waals surface area contributed by atoms with Crippen molar-refractivity contribution in [3.63, 3.8) is 0 Å². The third-order valence-electron chi connectivity index (χ3n) is 2.37. The Morgan fingerprint density at radius 1 is 1.22 bits per heavy atom. The molecule has 0 atom stereocenters. The molecule has 1 aromatic rings. The van der Waals surface area contributed by atoms with Gasteiger partial charge in [-0.3, -0.25) is 0 Å². The summed E-state index contributed by atoms with van der Waals surface area (Å²) in [5.74, 6) is 0.000321. The molecule has 0 saturated heterocycles. The van der Waals surface area contributed by atoms with Gasteiger partial charge in [0.2, 0.25) is 10.0 Å². The van der Waals surface area contributed by atoms with E-state index < -0.39 is 10.0 Å². The minimum atomic E-state index is -3.25. The standard InChI is InChI=1S/C12H18BrNO3S/c1-2-17-7-8-18(15,16)14-10-12-5-3-11(9-13)4-6-12/h3-6,14H,2,7-10H2,1H3. The van der Waals surface area contributed by atoms with Crippen LogP contribution in [-0.2, 0) is 26.6 Å². The largest absolute Gasteiger partial charge is 0.381 e. The molecule has 0 spiro atoms. The van der Waals surface area contributed by atoms with Gasteiger partial charge in [-0.1, -0.05) is 40.2 Å². The Labute approximate surface area is 117 Å². The van der Waals surface area contributed by atoms with Crippen molar-refractivity contribution in [2.75, 3.05) is 19.0 Å². The molecule has 0 aliphatic rings. The number of halogens is 1. The van der Waals surface area contributed by atoms with Crippen LogP contribution in [0.4, 0.5) is 0 Å². The van der Waals surface area contributed by atoms with Crippen LogP contribution in [0.5, 0.6) is 0 Å². The van der Waals surface area contributed by atoms with E-state index in [1.165, 1.54) is 0 Å². The predicted octanol–water partition coefficient (Wildman–Crippen LogP) is 2.04. The lowest BCUT2D eigenvalue weighted by Crippen LogP contribution is -2.28. The zero-order chi connectivity index (χ0) is 13.4. The lowest BCUT2D eigenvalue weighted by Gasteiger charge is -2.07. The van der Waals surface area contributed by atoms with Gasteiger partial charge in [-0.15, -0.1) is 0 Å². The van der Waals surface area contributed by atoms with Crippen molar-refractivity contribution in [2.24, 2.45) is 0 Å². The van der Waals surface area contributed by atoms with Gasteiger partial charge in [0, 0.05) is 18.5 Å². The van der Waals surface area contributed by atoms with Crippen molar-refractivity contribution < 1.29 is 13.2 Å². The van der Waals surface area contributed by atoms with Gasteiger partial charge < -0.3 is 4.74 Å². The smallest absolute Gasteiger partial charge is 0.214 e. The molecule has 0 aliphatic carbocycles. The molecular weight excluding hydrogens is 318 g/mol. The summed E-state index contributed by atoms with van der Waals surface area (Å²) in [5, 5.41) is 0.799. The molecule has 0 radical (unpaired) electrons. The molecule has 0 fully saturated rings. The van der Waals surface area contributed by atoms with Gasteiger partial charge in [0.05, 0.1) is 12.4 Å². The van der Waals surface area contributed by atoms with Crippen LogP contribution in [-0.4, -0.2) is 27.4 Å². The van der Waals surface area contributed by atoms with Crippen LogP contribution >= 0.6 is 15.9 Å². The minimum Gasteiger partial charge on any atom is -0.381 e. The SMILES string of the molecule is CCOCCS(=O)(=O)NCc1ccc(CBr)cc1. The average Bonchev–Trinajstić information content (AvgIpc) is 2.37. The summed E-state index contributed by atoms with van der Waals surface area (Å²) in [4.78, 5) is 0. The molecule has 1 N–H and O–H groups in total. The van der Waals surface area contributed by atoms with Crippen LogP contribution in [0.3, 0.4) is 0 Å². The summed E-state index contributed by atoms with van der Waals surface area (Å²) in [6.45, 7) is 2.92. The van der Waals surface area contributed by atoms with Crippen LogP contribution in [0, 0.1) is 0 Å². The third kappa shape index (κ3) is 5.95. The Hall–Kier alpha value is -0.430. The first-order valence-electron chi connectivity index (χ1n) is 5.76. The summed E-state index contributed by atoms with van der Waals surface area (Å²) in [5.41, 5.74) is 2.11. The first-order valence-corrected chi connectivity index (χ1v) is 8.53. The highest BCUT2D eigenvalue weighted by Gasteiger charge is 2.09. The molecule has 4 nitrogen and oxygen atoms in total.